The molecule has 9 aromatic carbocycles. The van der Waals surface area contributed by atoms with E-state index in [2.05, 4.69) is 236 Å². The number of fused-ring (bicyclic) bond motifs is 10. The molecule has 0 unspecified atom stereocenters. The van der Waals surface area contributed by atoms with Gasteiger partial charge in [0.2, 0.25) is 0 Å². The van der Waals surface area contributed by atoms with E-state index in [0.29, 0.717) is 0 Å². The van der Waals surface area contributed by atoms with Crippen LogP contribution in [-0.2, 0) is 22.7 Å². The van der Waals surface area contributed by atoms with Crippen LogP contribution in [0.5, 0.6) is 0 Å². The molecule has 0 amide bonds. The molecule has 1 aliphatic carbocycles. The van der Waals surface area contributed by atoms with Gasteiger partial charge < -0.3 is 18.2 Å². The summed E-state index contributed by atoms with van der Waals surface area (Å²) in [5, 5.41) is 9.24. The summed E-state index contributed by atoms with van der Waals surface area (Å²) in [6.45, 7) is 18.3. The van der Waals surface area contributed by atoms with Crippen LogP contribution in [0.3, 0.4) is 0 Å². The number of hydrogen-bond donors (Lipinski definition) is 0. The van der Waals surface area contributed by atoms with E-state index in [4.69, 9.17) is 13.3 Å². The second-order valence-electron chi connectivity index (χ2n) is 22.5. The summed E-state index contributed by atoms with van der Waals surface area (Å²) in [6, 6.07) is 61.5. The van der Waals surface area contributed by atoms with Crippen molar-refractivity contribution in [2.24, 2.45) is 0 Å². The minimum absolute atomic E-state index is 0.0597. The zero-order valence-corrected chi connectivity index (χ0v) is 41.8. The van der Waals surface area contributed by atoms with Gasteiger partial charge in [-0.05, 0) is 117 Å². The summed E-state index contributed by atoms with van der Waals surface area (Å²) >= 11 is 0. The average molecular weight is 924 g/mol. The molecule has 0 aliphatic heterocycles. The number of benzene rings is 9. The number of hydrogen-bond acceptors (Lipinski definition) is 4. The molecule has 1 aliphatic rings. The molecule has 0 saturated heterocycles. The molecule has 0 saturated carbocycles. The fraction of sp³-hybridized carbons (Fsp3) is 0.194. The van der Waals surface area contributed by atoms with Crippen molar-refractivity contribution in [3.05, 3.63) is 209 Å². The number of furan rings is 3. The maximum absolute atomic E-state index is 7.17. The average Bonchev–Trinajstić information content (AvgIpc) is 4.07. The third-order valence-corrected chi connectivity index (χ3v) is 15.4. The third kappa shape index (κ3) is 6.79. The molecule has 4 heteroatoms. The molecule has 0 N–H and O–H groups in total. The van der Waals surface area contributed by atoms with E-state index in [0.717, 1.165) is 123 Å². The Labute approximate surface area is 414 Å². The van der Waals surface area contributed by atoms with Gasteiger partial charge in [0.1, 0.15) is 27.9 Å². The van der Waals surface area contributed by atoms with Crippen LogP contribution < -0.4 is 4.90 Å². The molecule has 71 heavy (non-hydrogen) atoms. The van der Waals surface area contributed by atoms with E-state index in [-0.39, 0.29) is 16.2 Å². The van der Waals surface area contributed by atoms with Crippen molar-refractivity contribution in [3.8, 4) is 0 Å². The summed E-state index contributed by atoms with van der Waals surface area (Å²) in [7, 11) is 0. The van der Waals surface area contributed by atoms with E-state index < -0.39 is 0 Å². The zero-order valence-electron chi connectivity index (χ0n) is 41.8. The van der Waals surface area contributed by atoms with Gasteiger partial charge in [-0.1, -0.05) is 177 Å². The molecular weight excluding hydrogens is 867 g/mol. The number of para-hydroxylation sites is 5. The van der Waals surface area contributed by atoms with Gasteiger partial charge in [-0.15, -0.1) is 0 Å². The van der Waals surface area contributed by atoms with E-state index in [1.54, 1.807) is 0 Å². The standard InChI is InChI=1S/C67H57NO3/c1-65(2,3)53-28-16-25-46-45-24-15-21-42(60(45)70-62(46)53)37-51(40-19-11-9-12-20-40)41-31-32-44-52-39-55-59-49(35-36-67(55,7)8)56(34-33-50(59)61(52)69-58(44)38-41)68(43-22-13-10-14-23-43)57-30-18-27-48-47-26-17-29-54(66(4,5)6)63(47)71-64(48)57/h9-34,37-39H,35-36H2,1-8H3/b51-37+. The van der Waals surface area contributed by atoms with Crippen LogP contribution in [-0.4, -0.2) is 0 Å². The molecule has 3 aromatic heterocycles. The van der Waals surface area contributed by atoms with E-state index in [9.17, 15) is 0 Å². The summed E-state index contributed by atoms with van der Waals surface area (Å²) < 4.78 is 21.1. The summed E-state index contributed by atoms with van der Waals surface area (Å²) in [5.74, 6) is 0. The summed E-state index contributed by atoms with van der Waals surface area (Å²) in [6.07, 6.45) is 4.24. The third-order valence-electron chi connectivity index (χ3n) is 15.4. The lowest BCUT2D eigenvalue weighted by Gasteiger charge is -2.36. The highest BCUT2D eigenvalue weighted by atomic mass is 16.3. The van der Waals surface area contributed by atoms with Crippen molar-refractivity contribution in [2.45, 2.75) is 84.5 Å². The molecule has 12 aromatic rings. The Morgan fingerprint density at radius 2 is 1.07 bits per heavy atom. The lowest BCUT2D eigenvalue weighted by Crippen LogP contribution is -2.24. The zero-order chi connectivity index (χ0) is 48.6. The Bertz CT molecular complexity index is 4150. The maximum Gasteiger partial charge on any atom is 0.159 e. The van der Waals surface area contributed by atoms with Gasteiger partial charge in [0, 0.05) is 60.1 Å². The molecule has 3 heterocycles. The van der Waals surface area contributed by atoms with Crippen LogP contribution in [0.25, 0.3) is 88.2 Å². The quantitative estimate of drug-likeness (QED) is 0.156. The molecular formula is C67H57NO3. The minimum atomic E-state index is -0.0781. The van der Waals surface area contributed by atoms with Crippen molar-refractivity contribution in [3.63, 3.8) is 0 Å². The van der Waals surface area contributed by atoms with E-state index in [1.165, 1.54) is 27.6 Å². The van der Waals surface area contributed by atoms with E-state index >= 15 is 0 Å². The molecule has 13 rings (SSSR count). The topological polar surface area (TPSA) is 42.7 Å². The van der Waals surface area contributed by atoms with Crippen molar-refractivity contribution >= 4 is 105 Å². The first-order valence-electron chi connectivity index (χ1n) is 25.2. The second-order valence-corrected chi connectivity index (χ2v) is 22.5. The molecule has 348 valence electrons. The van der Waals surface area contributed by atoms with Crippen molar-refractivity contribution in [1.82, 2.24) is 0 Å². The largest absolute Gasteiger partial charge is 0.455 e. The van der Waals surface area contributed by atoms with Crippen LogP contribution >= 0.6 is 0 Å². The molecule has 0 atom stereocenters. The fourth-order valence-electron chi connectivity index (χ4n) is 11.8. The van der Waals surface area contributed by atoms with E-state index in [1.807, 2.05) is 0 Å². The Hall–Kier alpha value is -7.82. The Balaban J connectivity index is 1.00. The van der Waals surface area contributed by atoms with Crippen molar-refractivity contribution in [1.29, 1.82) is 0 Å². The molecule has 0 spiro atoms. The van der Waals surface area contributed by atoms with Crippen LogP contribution in [0, 0.1) is 0 Å². The SMILES string of the molecule is CC(C)(C)c1cccc2c1oc1c(/C=C(\c3ccccc3)c3ccc4c(c3)oc3c5ccc(N(c6ccccc6)c6cccc7c6oc6c(C(C)(C)C)cccc67)c6c5c(cc43)C(C)(C)CC6)cccc12. The van der Waals surface area contributed by atoms with Gasteiger partial charge >= 0.3 is 0 Å². The Morgan fingerprint density at radius 3 is 1.75 bits per heavy atom. The lowest BCUT2D eigenvalue weighted by atomic mass is 9.71. The normalized spacial score (nSPS) is 14.3. The molecule has 0 radical (unpaired) electrons. The first-order valence-corrected chi connectivity index (χ1v) is 25.2. The first kappa shape index (κ1) is 43.2. The van der Waals surface area contributed by atoms with Crippen LogP contribution in [0.1, 0.15) is 101 Å². The molecule has 4 nitrogen and oxygen atoms in total. The minimum Gasteiger partial charge on any atom is -0.455 e. The van der Waals surface area contributed by atoms with Crippen LogP contribution in [0.2, 0.25) is 0 Å². The van der Waals surface area contributed by atoms with Gasteiger partial charge in [0.25, 0.3) is 0 Å². The Kier molecular flexibility index (Phi) is 9.49. The van der Waals surface area contributed by atoms with Crippen LogP contribution in [0.15, 0.2) is 183 Å². The van der Waals surface area contributed by atoms with Gasteiger partial charge in [0.05, 0.1) is 11.4 Å². The lowest BCUT2D eigenvalue weighted by molar-refractivity contribution is 0.475. The highest BCUT2D eigenvalue weighted by Gasteiger charge is 2.34. The van der Waals surface area contributed by atoms with Crippen molar-refractivity contribution in [2.75, 3.05) is 4.90 Å². The van der Waals surface area contributed by atoms with Gasteiger partial charge in [-0.25, -0.2) is 0 Å². The predicted molar refractivity (Wildman–Crippen MR) is 299 cm³/mol. The van der Waals surface area contributed by atoms with Gasteiger partial charge in [0.15, 0.2) is 5.58 Å². The summed E-state index contributed by atoms with van der Waals surface area (Å²) in [5.41, 5.74) is 18.0. The smallest absolute Gasteiger partial charge is 0.159 e. The number of aryl methyl sites for hydroxylation is 1. The highest BCUT2D eigenvalue weighted by Crippen LogP contribution is 2.52. The highest BCUT2D eigenvalue weighted by molar-refractivity contribution is 6.19. The monoisotopic (exact) mass is 923 g/mol. The van der Waals surface area contributed by atoms with Gasteiger partial charge in [-0.2, -0.15) is 0 Å². The summed E-state index contributed by atoms with van der Waals surface area (Å²) in [4.78, 5) is 2.43. The molecule has 0 bridgehead atoms. The Morgan fingerprint density at radius 1 is 0.479 bits per heavy atom. The fourth-order valence-corrected chi connectivity index (χ4v) is 11.8. The molecule has 0 fully saturated rings. The van der Waals surface area contributed by atoms with Crippen molar-refractivity contribution < 1.29 is 13.3 Å². The predicted octanol–water partition coefficient (Wildman–Crippen LogP) is 19.4. The van der Waals surface area contributed by atoms with Gasteiger partial charge in [-0.3, -0.25) is 0 Å². The van der Waals surface area contributed by atoms with Crippen LogP contribution in [0.4, 0.5) is 17.1 Å². The number of rotatable bonds is 6. The number of nitrogens with zero attached hydrogens (tertiary/aromatic N) is 1. The second kappa shape index (κ2) is 15.6. The first-order chi connectivity index (χ1) is 34.2. The number of anilines is 3. The maximum atomic E-state index is 7.17.